The van der Waals surface area contributed by atoms with Crippen LogP contribution in [0.4, 0.5) is 5.69 Å². The zero-order valence-electron chi connectivity index (χ0n) is 19.2. The number of hydrogen-bond acceptors (Lipinski definition) is 2. The lowest BCUT2D eigenvalue weighted by Gasteiger charge is -2.18. The molecule has 2 nitrogen and oxygen atoms in total. The van der Waals surface area contributed by atoms with E-state index in [9.17, 15) is 5.41 Å². The summed E-state index contributed by atoms with van der Waals surface area (Å²) in [6, 6.07) is 32.9. The van der Waals surface area contributed by atoms with Gasteiger partial charge in [-0.2, -0.15) is 0 Å². The zero-order chi connectivity index (χ0) is 24.0. The minimum Gasteiger partial charge on any atom is -0.300 e. The molecule has 4 aromatic rings. The van der Waals surface area contributed by atoms with E-state index in [4.69, 9.17) is 4.99 Å². The number of allylic oxidation sites excluding steroid dienone is 4. The predicted octanol–water partition coefficient (Wildman–Crippen LogP) is 8.88. The van der Waals surface area contributed by atoms with Crippen LogP contribution in [0.2, 0.25) is 0 Å². The summed E-state index contributed by atoms with van der Waals surface area (Å²) >= 11 is 3.47. The van der Waals surface area contributed by atoms with Crippen molar-refractivity contribution in [2.24, 2.45) is 4.99 Å². The van der Waals surface area contributed by atoms with Gasteiger partial charge >= 0.3 is 0 Å². The van der Waals surface area contributed by atoms with Crippen LogP contribution in [0.3, 0.4) is 0 Å². The normalized spacial score (nSPS) is 14.9. The second kappa shape index (κ2) is 10.6. The first kappa shape index (κ1) is 22.9. The fraction of sp³-hybridized carbons (Fsp3) is 0.0625. The van der Waals surface area contributed by atoms with Gasteiger partial charge in [0.25, 0.3) is 0 Å². The van der Waals surface area contributed by atoms with Gasteiger partial charge in [0.05, 0.1) is 11.4 Å². The molecule has 1 unspecified atom stereocenters. The predicted molar refractivity (Wildman–Crippen MR) is 151 cm³/mol. The van der Waals surface area contributed by atoms with Crippen LogP contribution in [0.1, 0.15) is 34.6 Å². The molecular formula is C32H25BrN2. The van der Waals surface area contributed by atoms with Gasteiger partial charge in [-0.05, 0) is 59.0 Å². The van der Waals surface area contributed by atoms with Crippen LogP contribution in [-0.2, 0) is 0 Å². The fourth-order valence-corrected chi connectivity index (χ4v) is 4.55. The molecule has 3 heteroatoms. The van der Waals surface area contributed by atoms with Crippen molar-refractivity contribution in [1.82, 2.24) is 0 Å². The number of benzene rings is 4. The summed E-state index contributed by atoms with van der Waals surface area (Å²) in [6.07, 6.45) is 11.5. The van der Waals surface area contributed by atoms with Gasteiger partial charge in [0.1, 0.15) is 0 Å². The van der Waals surface area contributed by atoms with Crippen molar-refractivity contribution in [3.05, 3.63) is 148 Å². The van der Waals surface area contributed by atoms with Crippen molar-refractivity contribution in [2.45, 2.75) is 12.3 Å². The van der Waals surface area contributed by atoms with E-state index in [1.54, 1.807) is 0 Å². The standard InChI is InChI=1S/C32H25BrN2/c33-29-17-15-23(16-18-29)22-35-31-14-8-7-13-30(31)32(34)28-20-26(24-9-3-1-4-10-24)19-27(21-28)25-11-5-2-6-12-25/h1-11,13-22,25,34H,12H2/b34-32?,35-22+. The van der Waals surface area contributed by atoms with E-state index in [0.29, 0.717) is 11.6 Å². The van der Waals surface area contributed by atoms with Crippen LogP contribution in [-0.4, -0.2) is 11.9 Å². The first-order chi connectivity index (χ1) is 17.2. The average molecular weight is 517 g/mol. The highest BCUT2D eigenvalue weighted by molar-refractivity contribution is 9.10. The Morgan fingerprint density at radius 3 is 2.37 bits per heavy atom. The van der Waals surface area contributed by atoms with E-state index >= 15 is 0 Å². The van der Waals surface area contributed by atoms with Crippen LogP contribution in [0, 0.1) is 5.41 Å². The molecule has 0 radical (unpaired) electrons. The van der Waals surface area contributed by atoms with Crippen molar-refractivity contribution in [2.75, 3.05) is 0 Å². The summed E-state index contributed by atoms with van der Waals surface area (Å²) in [5.74, 6) is 0.306. The Hall–Kier alpha value is -3.82. The quantitative estimate of drug-likeness (QED) is 0.248. The fourth-order valence-electron chi connectivity index (χ4n) is 4.28. The van der Waals surface area contributed by atoms with Crippen molar-refractivity contribution in [3.8, 4) is 11.1 Å². The third-order valence-electron chi connectivity index (χ3n) is 6.16. The Morgan fingerprint density at radius 2 is 1.60 bits per heavy atom. The zero-order valence-corrected chi connectivity index (χ0v) is 20.8. The topological polar surface area (TPSA) is 36.2 Å². The highest BCUT2D eigenvalue weighted by atomic mass is 79.9. The monoisotopic (exact) mass is 516 g/mol. The molecule has 0 saturated carbocycles. The molecule has 0 bridgehead atoms. The summed E-state index contributed by atoms with van der Waals surface area (Å²) in [6.45, 7) is 0. The summed E-state index contributed by atoms with van der Waals surface area (Å²) in [5.41, 5.74) is 7.49. The number of nitrogens with zero attached hydrogens (tertiary/aromatic N) is 1. The third-order valence-corrected chi connectivity index (χ3v) is 6.68. The number of nitrogens with one attached hydrogen (secondary N) is 1. The smallest absolute Gasteiger partial charge is 0.0723 e. The van der Waals surface area contributed by atoms with Crippen molar-refractivity contribution < 1.29 is 0 Å². The maximum absolute atomic E-state index is 9.18. The highest BCUT2D eigenvalue weighted by Crippen LogP contribution is 2.32. The van der Waals surface area contributed by atoms with Crippen LogP contribution in [0.25, 0.3) is 11.1 Å². The van der Waals surface area contributed by atoms with Crippen molar-refractivity contribution in [3.63, 3.8) is 0 Å². The largest absolute Gasteiger partial charge is 0.300 e. The first-order valence-electron chi connectivity index (χ1n) is 11.7. The molecule has 1 aliphatic carbocycles. The number of para-hydroxylation sites is 1. The van der Waals surface area contributed by atoms with Gasteiger partial charge in [-0.3, -0.25) is 10.4 Å². The summed E-state index contributed by atoms with van der Waals surface area (Å²) in [5, 5.41) is 9.18. The van der Waals surface area contributed by atoms with E-state index in [1.165, 1.54) is 5.56 Å². The minimum absolute atomic E-state index is 0.306. The summed E-state index contributed by atoms with van der Waals surface area (Å²) in [7, 11) is 0. The van der Waals surface area contributed by atoms with Gasteiger partial charge < -0.3 is 0 Å². The van der Waals surface area contributed by atoms with Gasteiger partial charge in [0.15, 0.2) is 0 Å². The summed E-state index contributed by atoms with van der Waals surface area (Å²) in [4.78, 5) is 4.74. The Bertz CT molecular complexity index is 1430. The second-order valence-corrected chi connectivity index (χ2v) is 9.48. The molecular weight excluding hydrogens is 492 g/mol. The number of hydrogen-bond donors (Lipinski definition) is 1. The SMILES string of the molecule is N=C(c1cc(-c2ccccc2)cc(C2C=CC=CC2)c1)c1ccccc1/N=C/c1ccc(Br)cc1. The molecule has 5 rings (SSSR count). The number of halogens is 1. The van der Waals surface area contributed by atoms with E-state index in [1.807, 2.05) is 60.8 Å². The van der Waals surface area contributed by atoms with E-state index in [-0.39, 0.29) is 0 Å². The first-order valence-corrected chi connectivity index (χ1v) is 12.5. The molecule has 1 atom stereocenters. The Balaban J connectivity index is 1.54. The Labute approximate surface area is 215 Å². The lowest BCUT2D eigenvalue weighted by Crippen LogP contribution is -2.05. The Morgan fingerprint density at radius 1 is 0.829 bits per heavy atom. The molecule has 1 aliphatic rings. The molecule has 1 N–H and O–H groups in total. The van der Waals surface area contributed by atoms with Gasteiger partial charge in [-0.1, -0.05) is 107 Å². The van der Waals surface area contributed by atoms with Crippen LogP contribution in [0.5, 0.6) is 0 Å². The number of rotatable bonds is 6. The molecule has 0 fully saturated rings. The molecule has 0 aromatic heterocycles. The molecule has 4 aromatic carbocycles. The Kier molecular flexibility index (Phi) is 6.97. The molecule has 35 heavy (non-hydrogen) atoms. The van der Waals surface area contributed by atoms with Gasteiger partial charge in [-0.25, -0.2) is 0 Å². The average Bonchev–Trinajstić information content (AvgIpc) is 2.93. The molecule has 170 valence electrons. The van der Waals surface area contributed by atoms with Crippen LogP contribution < -0.4 is 0 Å². The van der Waals surface area contributed by atoms with E-state index < -0.39 is 0 Å². The highest BCUT2D eigenvalue weighted by Gasteiger charge is 2.16. The third kappa shape index (κ3) is 5.47. The van der Waals surface area contributed by atoms with Crippen LogP contribution in [0.15, 0.2) is 131 Å². The number of aliphatic imine (C=N–C) groups is 1. The molecule has 0 heterocycles. The molecule has 0 spiro atoms. The van der Waals surface area contributed by atoms with Crippen molar-refractivity contribution in [1.29, 1.82) is 5.41 Å². The van der Waals surface area contributed by atoms with Gasteiger partial charge in [0.2, 0.25) is 0 Å². The van der Waals surface area contributed by atoms with E-state index in [2.05, 4.69) is 82.7 Å². The second-order valence-electron chi connectivity index (χ2n) is 8.57. The van der Waals surface area contributed by atoms with Gasteiger partial charge in [-0.15, -0.1) is 0 Å². The lowest BCUT2D eigenvalue weighted by atomic mass is 9.87. The summed E-state index contributed by atoms with van der Waals surface area (Å²) < 4.78 is 1.04. The van der Waals surface area contributed by atoms with Crippen LogP contribution >= 0.6 is 15.9 Å². The van der Waals surface area contributed by atoms with Gasteiger partial charge in [0, 0.05) is 27.7 Å². The van der Waals surface area contributed by atoms with Crippen molar-refractivity contribution >= 4 is 33.5 Å². The van der Waals surface area contributed by atoms with E-state index in [0.717, 1.165) is 44.4 Å². The lowest BCUT2D eigenvalue weighted by molar-refractivity contribution is 0.854. The molecule has 0 saturated heterocycles. The minimum atomic E-state index is 0.306. The maximum Gasteiger partial charge on any atom is 0.0723 e. The molecule has 0 amide bonds. The maximum atomic E-state index is 9.18. The molecule has 0 aliphatic heterocycles.